The Labute approximate surface area is 119 Å². The van der Waals surface area contributed by atoms with Crippen molar-refractivity contribution < 1.29 is 14.6 Å². The summed E-state index contributed by atoms with van der Waals surface area (Å²) in [5.74, 6) is 0.518. The van der Waals surface area contributed by atoms with E-state index in [1.165, 1.54) is 0 Å². The average molecular weight is 277 g/mol. The van der Waals surface area contributed by atoms with Gasteiger partial charge in [-0.25, -0.2) is 0 Å². The summed E-state index contributed by atoms with van der Waals surface area (Å²) < 4.78 is 5.74. The molecule has 1 heterocycles. The molecule has 0 aliphatic rings. The Morgan fingerprint density at radius 2 is 1.95 bits per heavy atom. The molecule has 0 aliphatic carbocycles. The number of nitrogens with one attached hydrogen (secondary N) is 1. The maximum absolute atomic E-state index is 10.2. The Bertz CT molecular complexity index is 581. The van der Waals surface area contributed by atoms with E-state index in [0.717, 1.165) is 10.9 Å². The van der Waals surface area contributed by atoms with Gasteiger partial charge in [0.15, 0.2) is 0 Å². The van der Waals surface area contributed by atoms with Gasteiger partial charge >= 0.3 is 0 Å². The van der Waals surface area contributed by atoms with Crippen LogP contribution in [0.1, 0.15) is 51.2 Å². The van der Waals surface area contributed by atoms with Crippen molar-refractivity contribution in [2.45, 2.75) is 45.4 Å². The van der Waals surface area contributed by atoms with Gasteiger partial charge in [-0.2, -0.15) is 0 Å². The molecule has 4 nitrogen and oxygen atoms in total. The van der Waals surface area contributed by atoms with Crippen molar-refractivity contribution in [3.63, 3.8) is 0 Å². The fourth-order valence-corrected chi connectivity index (χ4v) is 2.10. The van der Waals surface area contributed by atoms with Crippen molar-refractivity contribution >= 4 is 11.0 Å². The summed E-state index contributed by atoms with van der Waals surface area (Å²) in [6.45, 7) is 8.26. The zero-order valence-electron chi connectivity index (χ0n) is 12.5. The van der Waals surface area contributed by atoms with Crippen LogP contribution in [0.3, 0.4) is 0 Å². The topological polar surface area (TPSA) is 65.6 Å². The van der Waals surface area contributed by atoms with Crippen LogP contribution in [0.5, 0.6) is 0 Å². The smallest absolute Gasteiger partial charge is 0.140 e. The number of β-amino-alcohol motifs (C(OH)–C–C–N with tert-alkyl or cyclic N) is 1. The third-order valence-electron chi connectivity index (χ3n) is 3.20. The van der Waals surface area contributed by atoms with Crippen molar-refractivity contribution in [2.24, 2.45) is 0 Å². The lowest BCUT2D eigenvalue weighted by molar-refractivity contribution is 0.139. The Kier molecular flexibility index (Phi) is 4.18. The van der Waals surface area contributed by atoms with E-state index in [0.29, 0.717) is 17.9 Å². The first-order chi connectivity index (χ1) is 9.28. The minimum atomic E-state index is -0.705. The zero-order chi connectivity index (χ0) is 14.9. The predicted octanol–water partition coefficient (Wildman–Crippen LogP) is 2.91. The van der Waals surface area contributed by atoms with Gasteiger partial charge in [-0.15, -0.1) is 0 Å². The first-order valence-corrected chi connectivity index (χ1v) is 6.91. The van der Waals surface area contributed by atoms with Crippen LogP contribution in [0.4, 0.5) is 0 Å². The number of hydrogen-bond acceptors (Lipinski definition) is 4. The van der Waals surface area contributed by atoms with Gasteiger partial charge in [-0.3, -0.25) is 0 Å². The average Bonchev–Trinajstić information content (AvgIpc) is 2.78. The predicted molar refractivity (Wildman–Crippen MR) is 79.6 cm³/mol. The highest BCUT2D eigenvalue weighted by Gasteiger charge is 2.18. The van der Waals surface area contributed by atoms with Gasteiger partial charge in [0, 0.05) is 23.0 Å². The molecule has 0 bridgehead atoms. The van der Waals surface area contributed by atoms with E-state index in [4.69, 9.17) is 4.42 Å². The fraction of sp³-hybridized carbons (Fsp3) is 0.500. The SMILES string of the molecule is C[C@H](O)c1cccc2cc([C@@H](O)CNC(C)(C)C)oc12. The second kappa shape index (κ2) is 5.56. The van der Waals surface area contributed by atoms with Crippen LogP contribution in [0.15, 0.2) is 28.7 Å². The molecule has 0 saturated carbocycles. The molecule has 2 atom stereocenters. The van der Waals surface area contributed by atoms with Gasteiger partial charge in [0.1, 0.15) is 17.4 Å². The van der Waals surface area contributed by atoms with Gasteiger partial charge in [0.2, 0.25) is 0 Å². The molecule has 0 aliphatic heterocycles. The first kappa shape index (κ1) is 15.0. The molecule has 0 fully saturated rings. The fourth-order valence-electron chi connectivity index (χ4n) is 2.10. The molecule has 4 heteroatoms. The second-order valence-corrected chi connectivity index (χ2v) is 6.24. The van der Waals surface area contributed by atoms with Crippen LogP contribution in [0, 0.1) is 0 Å². The van der Waals surface area contributed by atoms with Crippen LogP contribution in [-0.4, -0.2) is 22.3 Å². The number of aliphatic hydroxyl groups is 2. The Morgan fingerprint density at radius 3 is 2.55 bits per heavy atom. The first-order valence-electron chi connectivity index (χ1n) is 6.91. The highest BCUT2D eigenvalue weighted by atomic mass is 16.4. The van der Waals surface area contributed by atoms with Crippen LogP contribution >= 0.6 is 0 Å². The molecular formula is C16H23NO3. The largest absolute Gasteiger partial charge is 0.458 e. The molecule has 1 aromatic heterocycles. The van der Waals surface area contributed by atoms with Crippen molar-refractivity contribution in [2.75, 3.05) is 6.54 Å². The minimum absolute atomic E-state index is 0.0578. The molecule has 2 rings (SSSR count). The van der Waals surface area contributed by atoms with Crippen molar-refractivity contribution in [3.05, 3.63) is 35.6 Å². The lowest BCUT2D eigenvalue weighted by atomic mass is 10.1. The van der Waals surface area contributed by atoms with E-state index >= 15 is 0 Å². The Hall–Kier alpha value is -1.36. The number of aliphatic hydroxyl groups excluding tert-OH is 2. The van der Waals surface area contributed by atoms with Gasteiger partial charge < -0.3 is 19.9 Å². The van der Waals surface area contributed by atoms with Gasteiger partial charge in [0.25, 0.3) is 0 Å². The van der Waals surface area contributed by atoms with E-state index in [9.17, 15) is 10.2 Å². The highest BCUT2D eigenvalue weighted by molar-refractivity contribution is 5.81. The highest BCUT2D eigenvalue weighted by Crippen LogP contribution is 2.29. The van der Waals surface area contributed by atoms with Crippen molar-refractivity contribution in [1.29, 1.82) is 0 Å². The molecule has 0 unspecified atom stereocenters. The third-order valence-corrected chi connectivity index (χ3v) is 3.20. The molecule has 20 heavy (non-hydrogen) atoms. The summed E-state index contributed by atoms with van der Waals surface area (Å²) in [6, 6.07) is 7.46. The van der Waals surface area contributed by atoms with Crippen molar-refractivity contribution in [3.8, 4) is 0 Å². The molecule has 2 aromatic rings. The summed E-state index contributed by atoms with van der Waals surface area (Å²) in [5.41, 5.74) is 1.33. The summed E-state index contributed by atoms with van der Waals surface area (Å²) in [6.07, 6.45) is -1.30. The van der Waals surface area contributed by atoms with E-state index in [2.05, 4.69) is 5.32 Å². The van der Waals surface area contributed by atoms with Crippen molar-refractivity contribution in [1.82, 2.24) is 5.32 Å². The van der Waals surface area contributed by atoms with Crippen LogP contribution in [-0.2, 0) is 0 Å². The van der Waals surface area contributed by atoms with E-state index < -0.39 is 12.2 Å². The molecular weight excluding hydrogens is 254 g/mol. The molecule has 0 spiro atoms. The lowest BCUT2D eigenvalue weighted by Gasteiger charge is -2.22. The van der Waals surface area contributed by atoms with Crippen LogP contribution < -0.4 is 5.32 Å². The molecule has 0 amide bonds. The summed E-state index contributed by atoms with van der Waals surface area (Å²) in [4.78, 5) is 0. The van der Waals surface area contributed by atoms with Crippen LogP contribution in [0.2, 0.25) is 0 Å². The van der Waals surface area contributed by atoms with Crippen LogP contribution in [0.25, 0.3) is 11.0 Å². The quantitative estimate of drug-likeness (QED) is 0.804. The number of rotatable bonds is 4. The number of furan rings is 1. The zero-order valence-corrected chi connectivity index (χ0v) is 12.5. The standard InChI is InChI=1S/C16H23NO3/c1-10(18)12-7-5-6-11-8-14(20-15(11)12)13(19)9-17-16(2,3)4/h5-8,10,13,17-19H,9H2,1-4H3/t10-,13-/m0/s1. The van der Waals surface area contributed by atoms with Gasteiger partial charge in [0.05, 0.1) is 6.10 Å². The van der Waals surface area contributed by atoms with Gasteiger partial charge in [-0.1, -0.05) is 18.2 Å². The summed E-state index contributed by atoms with van der Waals surface area (Å²) in [7, 11) is 0. The molecule has 0 saturated heterocycles. The maximum Gasteiger partial charge on any atom is 0.140 e. The normalized spacial score (nSPS) is 15.5. The molecule has 3 N–H and O–H groups in total. The number of para-hydroxylation sites is 1. The Balaban J connectivity index is 2.25. The number of benzene rings is 1. The Morgan fingerprint density at radius 1 is 1.25 bits per heavy atom. The van der Waals surface area contributed by atoms with E-state index in [1.54, 1.807) is 6.92 Å². The third kappa shape index (κ3) is 3.39. The van der Waals surface area contributed by atoms with E-state index in [-0.39, 0.29) is 5.54 Å². The summed E-state index contributed by atoms with van der Waals surface area (Å²) in [5, 5.41) is 24.1. The number of fused-ring (bicyclic) bond motifs is 1. The number of hydrogen-bond donors (Lipinski definition) is 3. The van der Waals surface area contributed by atoms with Gasteiger partial charge in [-0.05, 0) is 33.8 Å². The van der Waals surface area contributed by atoms with E-state index in [1.807, 2.05) is 45.0 Å². The molecule has 0 radical (unpaired) electrons. The molecule has 1 aromatic carbocycles. The maximum atomic E-state index is 10.2. The molecule has 110 valence electrons. The second-order valence-electron chi connectivity index (χ2n) is 6.24. The monoisotopic (exact) mass is 277 g/mol. The summed E-state index contributed by atoms with van der Waals surface area (Å²) >= 11 is 0. The minimum Gasteiger partial charge on any atom is -0.458 e. The lowest BCUT2D eigenvalue weighted by Crippen LogP contribution is -2.38.